The van der Waals surface area contributed by atoms with Gasteiger partial charge in [-0.3, -0.25) is 4.79 Å². The van der Waals surface area contributed by atoms with Crippen molar-refractivity contribution in [1.82, 2.24) is 20.2 Å². The number of para-hydroxylation sites is 1. The lowest BCUT2D eigenvalue weighted by atomic mass is 10.3. The third-order valence-electron chi connectivity index (χ3n) is 3.38. The number of anilines is 1. The molecule has 0 spiro atoms. The van der Waals surface area contributed by atoms with Crippen molar-refractivity contribution in [2.24, 2.45) is 0 Å². The average molecular weight is 341 g/mol. The van der Waals surface area contributed by atoms with Crippen LogP contribution in [0.5, 0.6) is 5.75 Å². The fourth-order valence-corrected chi connectivity index (χ4v) is 2.85. The molecule has 0 radical (unpaired) electrons. The fraction of sp³-hybridized carbons (Fsp3) is 0.125. The lowest BCUT2D eigenvalue weighted by molar-refractivity contribution is -0.115. The molecule has 0 aliphatic heterocycles. The van der Waals surface area contributed by atoms with Gasteiger partial charge in [0.1, 0.15) is 5.75 Å². The molecule has 3 aromatic rings. The number of carbonyl (C=O) groups is 1. The molecule has 1 aromatic heterocycles. The van der Waals surface area contributed by atoms with E-state index in [1.807, 2.05) is 30.3 Å². The number of hydrogen-bond acceptors (Lipinski definition) is 6. The first-order chi connectivity index (χ1) is 11.6. The zero-order valence-electron chi connectivity index (χ0n) is 12.9. The number of phenolic OH excluding ortho intramolecular Hbond substituents is 1. The molecule has 1 amide bonds. The maximum atomic E-state index is 12.3. The number of phenols is 1. The summed E-state index contributed by atoms with van der Waals surface area (Å²) in [4.78, 5) is 13.9. The molecular weight excluding hydrogens is 326 g/mol. The van der Waals surface area contributed by atoms with Crippen molar-refractivity contribution < 1.29 is 9.90 Å². The summed E-state index contributed by atoms with van der Waals surface area (Å²) in [7, 11) is 1.74. The van der Waals surface area contributed by atoms with Crippen molar-refractivity contribution in [2.75, 3.05) is 17.7 Å². The standard InChI is InChI=1S/C16H15N5O2S/c1-20(12-5-3-2-4-6-12)15(23)11-24-16-17-18-19-21(16)13-7-9-14(22)10-8-13/h2-10,22H,11H2,1H3. The van der Waals surface area contributed by atoms with Gasteiger partial charge in [0, 0.05) is 12.7 Å². The molecule has 8 heteroatoms. The third kappa shape index (κ3) is 3.54. The Kier molecular flexibility index (Phi) is 4.76. The van der Waals surface area contributed by atoms with Crippen LogP contribution >= 0.6 is 11.8 Å². The van der Waals surface area contributed by atoms with Crippen LogP contribution in [0.4, 0.5) is 5.69 Å². The summed E-state index contributed by atoms with van der Waals surface area (Å²) in [6.07, 6.45) is 0. The van der Waals surface area contributed by atoms with Crippen LogP contribution in [0.15, 0.2) is 59.8 Å². The smallest absolute Gasteiger partial charge is 0.237 e. The van der Waals surface area contributed by atoms with E-state index in [9.17, 15) is 9.90 Å². The zero-order chi connectivity index (χ0) is 16.9. The van der Waals surface area contributed by atoms with Crippen molar-refractivity contribution in [3.05, 3.63) is 54.6 Å². The second-order valence-corrected chi connectivity index (χ2v) is 5.91. The third-order valence-corrected chi connectivity index (χ3v) is 4.28. The SMILES string of the molecule is CN(C(=O)CSc1nnnn1-c1ccc(O)cc1)c1ccccc1. The number of thioether (sulfide) groups is 1. The molecule has 1 heterocycles. The van der Waals surface area contributed by atoms with Gasteiger partial charge < -0.3 is 10.0 Å². The number of nitrogens with zero attached hydrogens (tertiary/aromatic N) is 5. The molecule has 24 heavy (non-hydrogen) atoms. The zero-order valence-corrected chi connectivity index (χ0v) is 13.7. The molecule has 0 saturated heterocycles. The Bertz CT molecular complexity index is 820. The summed E-state index contributed by atoms with van der Waals surface area (Å²) in [6, 6.07) is 15.9. The first-order valence-corrected chi connectivity index (χ1v) is 8.16. The lowest BCUT2D eigenvalue weighted by Gasteiger charge is -2.16. The summed E-state index contributed by atoms with van der Waals surface area (Å²) in [6.45, 7) is 0. The van der Waals surface area contributed by atoms with Gasteiger partial charge >= 0.3 is 0 Å². The molecule has 0 aliphatic rings. The van der Waals surface area contributed by atoms with Crippen LogP contribution in [0.2, 0.25) is 0 Å². The Hall–Kier alpha value is -2.87. The van der Waals surface area contributed by atoms with Crippen molar-refractivity contribution in [2.45, 2.75) is 5.16 Å². The summed E-state index contributed by atoms with van der Waals surface area (Å²) >= 11 is 1.26. The van der Waals surface area contributed by atoms with Crippen LogP contribution < -0.4 is 4.90 Å². The molecular formula is C16H15N5O2S. The minimum atomic E-state index is -0.0496. The number of carbonyl (C=O) groups excluding carboxylic acids is 1. The summed E-state index contributed by atoms with van der Waals surface area (Å²) < 4.78 is 1.53. The lowest BCUT2D eigenvalue weighted by Crippen LogP contribution is -2.27. The number of rotatable bonds is 5. The highest BCUT2D eigenvalue weighted by atomic mass is 32.2. The Balaban J connectivity index is 1.68. The Morgan fingerprint density at radius 1 is 1.17 bits per heavy atom. The van der Waals surface area contributed by atoms with Gasteiger partial charge in [-0.05, 0) is 46.8 Å². The number of benzene rings is 2. The van der Waals surface area contributed by atoms with Crippen LogP contribution in [0, 0.1) is 0 Å². The van der Waals surface area contributed by atoms with Crippen molar-refractivity contribution in [3.8, 4) is 11.4 Å². The molecule has 2 aromatic carbocycles. The molecule has 0 aliphatic carbocycles. The van der Waals surface area contributed by atoms with Crippen molar-refractivity contribution in [1.29, 1.82) is 0 Å². The van der Waals surface area contributed by atoms with E-state index >= 15 is 0 Å². The number of aromatic nitrogens is 4. The highest BCUT2D eigenvalue weighted by Gasteiger charge is 2.15. The predicted octanol–water partition coefficient (Wildman–Crippen LogP) is 2.12. The van der Waals surface area contributed by atoms with E-state index in [1.54, 1.807) is 36.2 Å². The summed E-state index contributed by atoms with van der Waals surface area (Å²) in [5.41, 5.74) is 1.55. The summed E-state index contributed by atoms with van der Waals surface area (Å²) in [5.74, 6) is 0.330. The van der Waals surface area contributed by atoms with Gasteiger partial charge in [0.05, 0.1) is 11.4 Å². The van der Waals surface area contributed by atoms with Crippen LogP contribution in [0.3, 0.4) is 0 Å². The van der Waals surface area contributed by atoms with E-state index in [0.29, 0.717) is 10.8 Å². The minimum Gasteiger partial charge on any atom is -0.508 e. The van der Waals surface area contributed by atoms with Gasteiger partial charge in [0.15, 0.2) is 0 Å². The van der Waals surface area contributed by atoms with Crippen LogP contribution in [0.1, 0.15) is 0 Å². The maximum absolute atomic E-state index is 12.3. The molecule has 7 nitrogen and oxygen atoms in total. The van der Waals surface area contributed by atoms with Gasteiger partial charge in [0.2, 0.25) is 11.1 Å². The normalized spacial score (nSPS) is 10.5. The van der Waals surface area contributed by atoms with Gasteiger partial charge in [-0.1, -0.05) is 30.0 Å². The quantitative estimate of drug-likeness (QED) is 0.716. The Morgan fingerprint density at radius 2 is 1.88 bits per heavy atom. The average Bonchev–Trinajstić information content (AvgIpc) is 3.09. The Morgan fingerprint density at radius 3 is 2.58 bits per heavy atom. The second kappa shape index (κ2) is 7.14. The molecule has 0 atom stereocenters. The van der Waals surface area contributed by atoms with E-state index in [2.05, 4.69) is 15.5 Å². The molecule has 122 valence electrons. The monoisotopic (exact) mass is 341 g/mol. The molecule has 1 N–H and O–H groups in total. The molecule has 0 bridgehead atoms. The first kappa shape index (κ1) is 16.0. The topological polar surface area (TPSA) is 84.1 Å². The molecule has 0 unspecified atom stereocenters. The van der Waals surface area contributed by atoms with E-state index in [-0.39, 0.29) is 17.4 Å². The number of aromatic hydroxyl groups is 1. The van der Waals surface area contributed by atoms with Gasteiger partial charge in [0.25, 0.3) is 0 Å². The van der Waals surface area contributed by atoms with Gasteiger partial charge in [-0.25, -0.2) is 0 Å². The van der Waals surface area contributed by atoms with Gasteiger partial charge in [-0.2, -0.15) is 4.68 Å². The van der Waals surface area contributed by atoms with E-state index in [0.717, 1.165) is 5.69 Å². The predicted molar refractivity (Wildman–Crippen MR) is 91.4 cm³/mol. The van der Waals surface area contributed by atoms with Gasteiger partial charge in [-0.15, -0.1) is 5.10 Å². The van der Waals surface area contributed by atoms with Crippen molar-refractivity contribution >= 4 is 23.4 Å². The van der Waals surface area contributed by atoms with Crippen LogP contribution in [0.25, 0.3) is 5.69 Å². The molecule has 3 rings (SSSR count). The number of hydrogen-bond donors (Lipinski definition) is 1. The van der Waals surface area contributed by atoms with E-state index in [4.69, 9.17) is 0 Å². The van der Waals surface area contributed by atoms with Crippen LogP contribution in [-0.4, -0.2) is 44.0 Å². The maximum Gasteiger partial charge on any atom is 0.237 e. The number of tetrazole rings is 1. The second-order valence-electron chi connectivity index (χ2n) is 4.97. The highest BCUT2D eigenvalue weighted by Crippen LogP contribution is 2.21. The summed E-state index contributed by atoms with van der Waals surface area (Å²) in [5, 5.41) is 21.4. The van der Waals surface area contributed by atoms with E-state index < -0.39 is 0 Å². The van der Waals surface area contributed by atoms with E-state index in [1.165, 1.54) is 16.4 Å². The largest absolute Gasteiger partial charge is 0.508 e. The fourth-order valence-electron chi connectivity index (χ4n) is 2.04. The molecule has 0 fully saturated rings. The minimum absolute atomic E-state index is 0.0496. The highest BCUT2D eigenvalue weighted by molar-refractivity contribution is 7.99. The van der Waals surface area contributed by atoms with Crippen LogP contribution in [-0.2, 0) is 4.79 Å². The Labute approximate surface area is 142 Å². The number of amides is 1. The molecule has 0 saturated carbocycles. The first-order valence-electron chi connectivity index (χ1n) is 7.17. The van der Waals surface area contributed by atoms with Crippen molar-refractivity contribution in [3.63, 3.8) is 0 Å².